The highest BCUT2D eigenvalue weighted by atomic mass is 79.9. The Labute approximate surface area is 112 Å². The van der Waals surface area contributed by atoms with Crippen LogP contribution in [0.2, 0.25) is 0 Å². The van der Waals surface area contributed by atoms with Crippen LogP contribution in [0, 0.1) is 0 Å². The van der Waals surface area contributed by atoms with Crippen LogP contribution in [0.1, 0.15) is 64.7 Å². The lowest BCUT2D eigenvalue weighted by molar-refractivity contribution is 0.566. The molecule has 0 bridgehead atoms. The lowest BCUT2D eigenvalue weighted by Crippen LogP contribution is -2.08. The van der Waals surface area contributed by atoms with E-state index in [-0.39, 0.29) is 3.23 Å². The van der Waals surface area contributed by atoms with Gasteiger partial charge in [-0.1, -0.05) is 89.8 Å². The van der Waals surface area contributed by atoms with Crippen LogP contribution in [0.4, 0.5) is 0 Å². The van der Waals surface area contributed by atoms with Crippen LogP contribution in [-0.2, 0) is 0 Å². The summed E-state index contributed by atoms with van der Waals surface area (Å²) in [5.74, 6) is 0. The van der Waals surface area contributed by atoms with Crippen LogP contribution in [0.25, 0.3) is 0 Å². The summed E-state index contributed by atoms with van der Waals surface area (Å²) in [5, 5.41) is 0. The number of hydrogen-bond acceptors (Lipinski definition) is 0. The molecule has 0 rings (SSSR count). The molecule has 0 aliphatic carbocycles. The standard InChI is InChI=1S/C13H24Br2/c1-3-5-6-7-8-9-10-12-13(14,15)11-4-2/h4H,2-3,5-12H2,1H3. The Kier molecular flexibility index (Phi) is 10.4. The average molecular weight is 340 g/mol. The molecule has 0 amide bonds. The number of rotatable bonds is 10. The van der Waals surface area contributed by atoms with Crippen LogP contribution in [0.15, 0.2) is 12.7 Å². The van der Waals surface area contributed by atoms with Crippen molar-refractivity contribution < 1.29 is 0 Å². The summed E-state index contributed by atoms with van der Waals surface area (Å²) in [6.07, 6.45) is 13.8. The molecule has 90 valence electrons. The number of hydrogen-bond donors (Lipinski definition) is 0. The fourth-order valence-corrected chi connectivity index (χ4v) is 2.67. The number of halogens is 2. The normalized spacial score (nSPS) is 11.7. The molecule has 0 saturated heterocycles. The minimum atomic E-state index is 0.102. The van der Waals surface area contributed by atoms with E-state index in [4.69, 9.17) is 0 Å². The van der Waals surface area contributed by atoms with E-state index in [0.29, 0.717) is 0 Å². The lowest BCUT2D eigenvalue weighted by atomic mass is 10.1. The second kappa shape index (κ2) is 9.89. The maximum Gasteiger partial charge on any atom is 0.0839 e. The lowest BCUT2D eigenvalue weighted by Gasteiger charge is -2.17. The highest BCUT2D eigenvalue weighted by Crippen LogP contribution is 2.36. The Morgan fingerprint density at radius 2 is 1.53 bits per heavy atom. The predicted octanol–water partition coefficient (Wildman–Crippen LogP) is 6.19. The molecule has 0 fully saturated rings. The van der Waals surface area contributed by atoms with Crippen molar-refractivity contribution in [1.29, 1.82) is 0 Å². The predicted molar refractivity (Wildman–Crippen MR) is 78.0 cm³/mol. The third-order valence-corrected chi connectivity index (χ3v) is 4.03. The smallest absolute Gasteiger partial charge is 0.0839 e. The fourth-order valence-electron chi connectivity index (χ4n) is 1.65. The first-order chi connectivity index (χ1) is 7.12. The molecule has 0 saturated carbocycles. The van der Waals surface area contributed by atoms with Crippen LogP contribution in [-0.4, -0.2) is 3.23 Å². The third kappa shape index (κ3) is 11.0. The molecular weight excluding hydrogens is 316 g/mol. The van der Waals surface area contributed by atoms with E-state index in [1.807, 2.05) is 6.08 Å². The Bertz CT molecular complexity index is 153. The van der Waals surface area contributed by atoms with Gasteiger partial charge in [-0.25, -0.2) is 0 Å². The molecule has 0 unspecified atom stereocenters. The highest BCUT2D eigenvalue weighted by Gasteiger charge is 2.19. The van der Waals surface area contributed by atoms with E-state index in [2.05, 4.69) is 45.4 Å². The second-order valence-electron chi connectivity index (χ2n) is 4.22. The zero-order chi connectivity index (χ0) is 11.6. The van der Waals surface area contributed by atoms with Gasteiger partial charge in [-0.05, 0) is 12.8 Å². The van der Waals surface area contributed by atoms with E-state index in [0.717, 1.165) is 6.42 Å². The van der Waals surface area contributed by atoms with Gasteiger partial charge in [0.2, 0.25) is 0 Å². The first-order valence-electron chi connectivity index (χ1n) is 6.11. The summed E-state index contributed by atoms with van der Waals surface area (Å²) in [5.41, 5.74) is 0. The van der Waals surface area contributed by atoms with Crippen molar-refractivity contribution in [1.82, 2.24) is 0 Å². The summed E-state index contributed by atoms with van der Waals surface area (Å²) < 4.78 is 0.102. The number of unbranched alkanes of at least 4 members (excludes halogenated alkanes) is 6. The molecule has 0 aromatic heterocycles. The van der Waals surface area contributed by atoms with Crippen LogP contribution in [0.3, 0.4) is 0 Å². The molecule has 2 heteroatoms. The average Bonchev–Trinajstić information content (AvgIpc) is 2.16. The van der Waals surface area contributed by atoms with Crippen molar-refractivity contribution in [3.63, 3.8) is 0 Å². The van der Waals surface area contributed by atoms with E-state index in [1.54, 1.807) is 0 Å². The first kappa shape index (κ1) is 15.7. The van der Waals surface area contributed by atoms with Gasteiger partial charge < -0.3 is 0 Å². The van der Waals surface area contributed by atoms with E-state index in [9.17, 15) is 0 Å². The van der Waals surface area contributed by atoms with Crippen molar-refractivity contribution >= 4 is 31.9 Å². The summed E-state index contributed by atoms with van der Waals surface area (Å²) in [4.78, 5) is 0. The Morgan fingerprint density at radius 1 is 1.00 bits per heavy atom. The molecule has 15 heavy (non-hydrogen) atoms. The van der Waals surface area contributed by atoms with Crippen molar-refractivity contribution in [2.45, 2.75) is 67.9 Å². The van der Waals surface area contributed by atoms with E-state index >= 15 is 0 Å². The molecule has 0 aromatic rings. The van der Waals surface area contributed by atoms with E-state index in [1.165, 1.54) is 51.4 Å². The van der Waals surface area contributed by atoms with E-state index < -0.39 is 0 Å². The van der Waals surface area contributed by atoms with Gasteiger partial charge in [-0.3, -0.25) is 0 Å². The molecule has 0 nitrogen and oxygen atoms in total. The molecule has 0 aliphatic heterocycles. The van der Waals surface area contributed by atoms with Gasteiger partial charge in [0.15, 0.2) is 0 Å². The summed E-state index contributed by atoms with van der Waals surface area (Å²) in [6.45, 7) is 6.03. The van der Waals surface area contributed by atoms with Crippen molar-refractivity contribution in [3.05, 3.63) is 12.7 Å². The van der Waals surface area contributed by atoms with Crippen LogP contribution in [0.5, 0.6) is 0 Å². The van der Waals surface area contributed by atoms with Gasteiger partial charge in [-0.2, -0.15) is 0 Å². The number of allylic oxidation sites excluding steroid dienone is 1. The van der Waals surface area contributed by atoms with Gasteiger partial charge in [-0.15, -0.1) is 6.58 Å². The summed E-state index contributed by atoms with van der Waals surface area (Å²) >= 11 is 7.36. The molecule has 0 spiro atoms. The van der Waals surface area contributed by atoms with Crippen molar-refractivity contribution in [3.8, 4) is 0 Å². The maximum absolute atomic E-state index is 3.76. The molecule has 0 radical (unpaired) electrons. The molecule has 0 aliphatic rings. The molecule has 0 N–H and O–H groups in total. The molecule has 0 heterocycles. The zero-order valence-corrected chi connectivity index (χ0v) is 13.1. The van der Waals surface area contributed by atoms with Gasteiger partial charge in [0, 0.05) is 0 Å². The first-order valence-corrected chi connectivity index (χ1v) is 7.69. The van der Waals surface area contributed by atoms with Crippen LogP contribution < -0.4 is 0 Å². The van der Waals surface area contributed by atoms with Gasteiger partial charge in [0.1, 0.15) is 0 Å². The monoisotopic (exact) mass is 338 g/mol. The minimum Gasteiger partial charge on any atom is -0.103 e. The molecule has 0 aromatic carbocycles. The highest BCUT2D eigenvalue weighted by molar-refractivity contribution is 9.25. The van der Waals surface area contributed by atoms with Crippen LogP contribution >= 0.6 is 31.9 Å². The second-order valence-corrected chi connectivity index (χ2v) is 8.32. The maximum atomic E-state index is 3.76. The Hall–Kier alpha value is 0.700. The summed E-state index contributed by atoms with van der Waals surface area (Å²) in [6, 6.07) is 0. The SMILES string of the molecule is C=CCC(Br)(Br)CCCCCCCCC. The van der Waals surface area contributed by atoms with Gasteiger partial charge in [0.05, 0.1) is 3.23 Å². The zero-order valence-electron chi connectivity index (χ0n) is 9.90. The number of alkyl halides is 2. The van der Waals surface area contributed by atoms with Gasteiger partial charge >= 0.3 is 0 Å². The fraction of sp³-hybridized carbons (Fsp3) is 0.846. The van der Waals surface area contributed by atoms with Gasteiger partial charge in [0.25, 0.3) is 0 Å². The third-order valence-electron chi connectivity index (χ3n) is 2.59. The quantitative estimate of drug-likeness (QED) is 0.253. The molecule has 0 atom stereocenters. The summed E-state index contributed by atoms with van der Waals surface area (Å²) in [7, 11) is 0. The Balaban J connectivity index is 3.26. The van der Waals surface area contributed by atoms with Crippen molar-refractivity contribution in [2.75, 3.05) is 0 Å². The molecular formula is C13H24Br2. The minimum absolute atomic E-state index is 0.102. The van der Waals surface area contributed by atoms with Crippen molar-refractivity contribution in [2.24, 2.45) is 0 Å². The topological polar surface area (TPSA) is 0 Å². The Morgan fingerprint density at radius 3 is 2.07 bits per heavy atom. The largest absolute Gasteiger partial charge is 0.103 e.